The van der Waals surface area contributed by atoms with E-state index in [9.17, 15) is 9.59 Å². The predicted octanol–water partition coefficient (Wildman–Crippen LogP) is 3.02. The first-order valence-corrected chi connectivity index (χ1v) is 8.25. The van der Waals surface area contributed by atoms with Gasteiger partial charge in [0.25, 0.3) is 0 Å². The Labute approximate surface area is 131 Å². The smallest absolute Gasteiger partial charge is 0.229 e. The van der Waals surface area contributed by atoms with E-state index in [4.69, 9.17) is 4.74 Å². The van der Waals surface area contributed by atoms with Crippen molar-refractivity contribution < 1.29 is 14.3 Å². The second-order valence-electron chi connectivity index (χ2n) is 7.74. The van der Waals surface area contributed by atoms with Gasteiger partial charge in [-0.05, 0) is 41.2 Å². The van der Waals surface area contributed by atoms with Gasteiger partial charge in [-0.25, -0.2) is 0 Å². The Bertz CT molecular complexity index is 662. The number of ketones is 2. The summed E-state index contributed by atoms with van der Waals surface area (Å²) in [5.74, 6) is -0.290. The van der Waals surface area contributed by atoms with Gasteiger partial charge >= 0.3 is 0 Å². The lowest BCUT2D eigenvalue weighted by molar-refractivity contribution is -0.139. The second kappa shape index (κ2) is 4.51. The average Bonchev–Trinajstić information content (AvgIpc) is 2.86. The third kappa shape index (κ3) is 1.72. The van der Waals surface area contributed by atoms with Gasteiger partial charge in [-0.3, -0.25) is 9.59 Å². The molecule has 3 heteroatoms. The van der Waals surface area contributed by atoms with Crippen LogP contribution in [0.1, 0.15) is 33.6 Å². The Morgan fingerprint density at radius 1 is 1.27 bits per heavy atom. The summed E-state index contributed by atoms with van der Waals surface area (Å²) in [5.41, 5.74) is 2.88. The molecule has 4 rings (SSSR count). The number of hydrogen-bond acceptors (Lipinski definition) is 3. The molecule has 1 aliphatic heterocycles. The van der Waals surface area contributed by atoms with E-state index in [2.05, 4.69) is 19.9 Å². The topological polar surface area (TPSA) is 43.4 Å². The van der Waals surface area contributed by atoms with Crippen LogP contribution in [0.15, 0.2) is 34.9 Å². The molecule has 0 aromatic carbocycles. The zero-order chi connectivity index (χ0) is 15.6. The van der Waals surface area contributed by atoms with E-state index in [1.54, 1.807) is 0 Å². The van der Waals surface area contributed by atoms with E-state index in [0.29, 0.717) is 18.1 Å². The molecule has 116 valence electrons. The van der Waals surface area contributed by atoms with Crippen molar-refractivity contribution in [2.75, 3.05) is 6.61 Å². The van der Waals surface area contributed by atoms with Crippen molar-refractivity contribution in [3.63, 3.8) is 0 Å². The first-order valence-electron chi connectivity index (χ1n) is 8.25. The summed E-state index contributed by atoms with van der Waals surface area (Å²) < 4.78 is 5.91. The maximum absolute atomic E-state index is 12.8. The maximum atomic E-state index is 12.8. The molecule has 0 radical (unpaired) electrons. The van der Waals surface area contributed by atoms with Crippen LogP contribution in [0.5, 0.6) is 0 Å². The number of carbonyl (C=O) groups excluding carboxylic acids is 2. The largest absolute Gasteiger partial charge is 0.373 e. The van der Waals surface area contributed by atoms with Crippen molar-refractivity contribution in [1.82, 2.24) is 0 Å². The van der Waals surface area contributed by atoms with Crippen molar-refractivity contribution in [2.45, 2.75) is 39.7 Å². The van der Waals surface area contributed by atoms with E-state index in [-0.39, 0.29) is 34.9 Å². The highest BCUT2D eigenvalue weighted by Crippen LogP contribution is 2.51. The van der Waals surface area contributed by atoms with Gasteiger partial charge in [0.05, 0.1) is 18.6 Å². The molecule has 0 bridgehead atoms. The Kier molecular flexibility index (Phi) is 2.90. The van der Waals surface area contributed by atoms with Crippen LogP contribution in [0.3, 0.4) is 0 Å². The third-order valence-corrected chi connectivity index (χ3v) is 5.96. The molecule has 0 amide bonds. The molecule has 0 spiro atoms. The monoisotopic (exact) mass is 298 g/mol. The molecule has 22 heavy (non-hydrogen) atoms. The maximum Gasteiger partial charge on any atom is 0.229 e. The van der Waals surface area contributed by atoms with Crippen molar-refractivity contribution in [3.05, 3.63) is 34.9 Å². The molecule has 4 atom stereocenters. The fraction of sp³-hybridized carbons (Fsp3) is 0.579. The van der Waals surface area contributed by atoms with Crippen LogP contribution in [-0.4, -0.2) is 24.3 Å². The number of rotatable bonds is 0. The lowest BCUT2D eigenvalue weighted by atomic mass is 9.60. The quantitative estimate of drug-likeness (QED) is 0.646. The van der Waals surface area contributed by atoms with Crippen LogP contribution in [0.2, 0.25) is 0 Å². The summed E-state index contributed by atoms with van der Waals surface area (Å²) in [6, 6.07) is 0. The molecule has 3 aliphatic carbocycles. The van der Waals surface area contributed by atoms with Crippen LogP contribution in [0.25, 0.3) is 0 Å². The fourth-order valence-corrected chi connectivity index (χ4v) is 4.74. The van der Waals surface area contributed by atoms with Crippen molar-refractivity contribution in [3.8, 4) is 0 Å². The van der Waals surface area contributed by atoms with E-state index in [0.717, 1.165) is 24.0 Å². The molecule has 1 fully saturated rings. The average molecular weight is 298 g/mol. The Morgan fingerprint density at radius 3 is 2.82 bits per heavy atom. The van der Waals surface area contributed by atoms with Gasteiger partial charge in [0.1, 0.15) is 0 Å². The number of hydrogen-bond donors (Lipinski definition) is 0. The Balaban J connectivity index is 1.86. The number of allylic oxidation sites excluding steroid dienone is 5. The van der Waals surface area contributed by atoms with Gasteiger partial charge in [-0.2, -0.15) is 0 Å². The van der Waals surface area contributed by atoms with Crippen molar-refractivity contribution >= 4 is 11.6 Å². The van der Waals surface area contributed by atoms with Gasteiger partial charge < -0.3 is 4.74 Å². The first kappa shape index (κ1) is 14.1. The summed E-state index contributed by atoms with van der Waals surface area (Å²) in [6.07, 6.45) is 8.02. The van der Waals surface area contributed by atoms with Gasteiger partial charge in [0.15, 0.2) is 0 Å². The van der Waals surface area contributed by atoms with Gasteiger partial charge in [0, 0.05) is 5.57 Å². The minimum absolute atomic E-state index is 0.0343. The van der Waals surface area contributed by atoms with Crippen LogP contribution in [-0.2, 0) is 14.3 Å². The zero-order valence-electron chi connectivity index (χ0n) is 13.4. The number of fused-ring (bicyclic) bond motifs is 4. The van der Waals surface area contributed by atoms with E-state index in [1.807, 2.05) is 19.1 Å². The highest BCUT2D eigenvalue weighted by atomic mass is 16.5. The minimum Gasteiger partial charge on any atom is -0.373 e. The Morgan fingerprint density at radius 2 is 2.05 bits per heavy atom. The highest BCUT2D eigenvalue weighted by molar-refractivity contribution is 6.46. The summed E-state index contributed by atoms with van der Waals surface area (Å²) >= 11 is 0. The van der Waals surface area contributed by atoms with Crippen molar-refractivity contribution in [1.29, 1.82) is 0 Å². The zero-order valence-corrected chi connectivity index (χ0v) is 13.4. The third-order valence-electron chi connectivity index (χ3n) is 5.96. The second-order valence-corrected chi connectivity index (χ2v) is 7.74. The molecular weight excluding hydrogens is 276 g/mol. The molecule has 3 nitrogen and oxygen atoms in total. The fourth-order valence-electron chi connectivity index (χ4n) is 4.74. The first-order chi connectivity index (χ1) is 10.4. The minimum atomic E-state index is -0.268. The lowest BCUT2D eigenvalue weighted by Crippen LogP contribution is -2.44. The molecule has 4 aliphatic rings. The standard InChI is InChI=1S/C19H22O3/c1-10-9-22-18-12-6-7-13-11(5-4-8-19(13,2)3)15(12)17(21)16(20)14(10)18/h4-5,8,10,13-14,18H,6-7,9H2,1-3H3. The lowest BCUT2D eigenvalue weighted by Gasteiger charge is -2.43. The van der Waals surface area contributed by atoms with Gasteiger partial charge in [0.2, 0.25) is 11.6 Å². The molecule has 0 aromatic heterocycles. The molecule has 4 unspecified atom stereocenters. The summed E-state index contributed by atoms with van der Waals surface area (Å²) in [5, 5.41) is 0. The highest BCUT2D eigenvalue weighted by Gasteiger charge is 2.52. The molecule has 0 N–H and O–H groups in total. The summed E-state index contributed by atoms with van der Waals surface area (Å²) in [4.78, 5) is 25.4. The van der Waals surface area contributed by atoms with Crippen LogP contribution in [0.4, 0.5) is 0 Å². The summed E-state index contributed by atoms with van der Waals surface area (Å²) in [7, 11) is 0. The SMILES string of the molecule is CC1COC2C3=C(C(=O)C(=O)C12)C1=CC=CC(C)(C)C1CC3. The molecule has 1 heterocycles. The van der Waals surface area contributed by atoms with Crippen LogP contribution < -0.4 is 0 Å². The normalized spacial score (nSPS) is 39.3. The molecular formula is C19H22O3. The van der Waals surface area contributed by atoms with Crippen LogP contribution >= 0.6 is 0 Å². The molecule has 0 saturated carbocycles. The molecule has 1 saturated heterocycles. The van der Waals surface area contributed by atoms with Gasteiger partial charge in [-0.1, -0.05) is 39.0 Å². The number of ether oxygens (including phenoxy) is 1. The number of Topliss-reactive ketones (excluding diaryl/α,β-unsaturated/α-hetero) is 2. The van der Waals surface area contributed by atoms with E-state index < -0.39 is 0 Å². The van der Waals surface area contributed by atoms with E-state index >= 15 is 0 Å². The molecule has 0 aromatic rings. The van der Waals surface area contributed by atoms with Crippen LogP contribution in [0, 0.1) is 23.2 Å². The number of carbonyl (C=O) groups is 2. The van der Waals surface area contributed by atoms with Gasteiger partial charge in [-0.15, -0.1) is 0 Å². The Hall–Kier alpha value is -1.48. The summed E-state index contributed by atoms with van der Waals surface area (Å²) in [6.45, 7) is 7.01. The predicted molar refractivity (Wildman–Crippen MR) is 83.2 cm³/mol. The van der Waals surface area contributed by atoms with Crippen molar-refractivity contribution in [2.24, 2.45) is 23.2 Å². The van der Waals surface area contributed by atoms with E-state index in [1.165, 1.54) is 0 Å².